The average molecular weight is 158 g/mol. The fourth-order valence-electron chi connectivity index (χ4n) is 0.569. The van der Waals surface area contributed by atoms with Gasteiger partial charge in [-0.2, -0.15) is 0 Å². The summed E-state index contributed by atoms with van der Waals surface area (Å²) in [5.74, 6) is 0. The summed E-state index contributed by atoms with van der Waals surface area (Å²) in [7, 11) is 0. The van der Waals surface area contributed by atoms with Crippen LogP contribution >= 0.6 is 0 Å². The van der Waals surface area contributed by atoms with Crippen molar-refractivity contribution in [1.82, 2.24) is 0 Å². The van der Waals surface area contributed by atoms with E-state index in [1.165, 1.54) is 0 Å². The van der Waals surface area contributed by atoms with Gasteiger partial charge in [-0.1, -0.05) is 0 Å². The third-order valence-electron chi connectivity index (χ3n) is 0.813. The van der Waals surface area contributed by atoms with Gasteiger partial charge in [-0.25, -0.2) is 0 Å². The average Bonchev–Trinajstić information content (AvgIpc) is 1.58. The zero-order chi connectivity index (χ0) is 8.15. The van der Waals surface area contributed by atoms with Crippen LogP contribution in [0.4, 0.5) is 0 Å². The van der Waals surface area contributed by atoms with Gasteiger partial charge in [0.1, 0.15) is 0 Å². The van der Waals surface area contributed by atoms with Gasteiger partial charge in [0, 0.05) is 0 Å². The van der Waals surface area contributed by atoms with Crippen molar-refractivity contribution in [2.24, 2.45) is 0 Å². The predicted molar refractivity (Wildman–Crippen MR) is 42.0 cm³/mol. The van der Waals surface area contributed by atoms with Crippen molar-refractivity contribution >= 4 is 16.3 Å². The number of ether oxygens (including phenoxy) is 2. The monoisotopic (exact) mass is 158 g/mol. The Morgan fingerprint density at radius 2 is 1.20 bits per heavy atom. The fraction of sp³-hybridized carbons (Fsp3) is 1.00. The van der Waals surface area contributed by atoms with Crippen molar-refractivity contribution in [1.29, 1.82) is 0 Å². The first-order valence-corrected chi connectivity index (χ1v) is 4.25. The van der Waals surface area contributed by atoms with Crippen molar-refractivity contribution in [3.05, 3.63) is 0 Å². The molecule has 0 aliphatic heterocycles. The van der Waals surface area contributed by atoms with Crippen molar-refractivity contribution in [2.75, 3.05) is 0 Å². The molecule has 10 heavy (non-hydrogen) atoms. The fourth-order valence-corrected chi connectivity index (χ4v) is 1.20. The van der Waals surface area contributed by atoms with E-state index < -0.39 is 0 Å². The molecule has 0 radical (unpaired) electrons. The first kappa shape index (κ1) is 10.5. The van der Waals surface area contributed by atoms with Gasteiger partial charge in [-0.15, -0.1) is 0 Å². The Morgan fingerprint density at radius 1 is 0.900 bits per heavy atom. The van der Waals surface area contributed by atoms with Gasteiger partial charge in [0.05, 0.1) is 0 Å². The third-order valence-corrected chi connectivity index (χ3v) is 1.13. The van der Waals surface area contributed by atoms with Gasteiger partial charge in [0.15, 0.2) is 0 Å². The minimum atomic E-state index is -0.167. The summed E-state index contributed by atoms with van der Waals surface area (Å²) in [6, 6.07) is 0. The molecule has 0 aromatic heterocycles. The predicted octanol–water partition coefficient (Wildman–Crippen LogP) is 1.29. The molecule has 0 bridgehead atoms. The molecule has 0 fully saturated rings. The molecule has 0 saturated carbocycles. The van der Waals surface area contributed by atoms with E-state index in [1.807, 2.05) is 27.7 Å². The second-order valence-corrected chi connectivity index (χ2v) is 3.28. The van der Waals surface area contributed by atoms with Crippen molar-refractivity contribution in [3.63, 3.8) is 0 Å². The van der Waals surface area contributed by atoms with E-state index in [0.717, 1.165) is 0 Å². The normalized spacial score (nSPS) is 12.1. The van der Waals surface area contributed by atoms with Gasteiger partial charge in [-0.05, 0) is 0 Å². The molecule has 0 unspecified atom stereocenters. The van der Waals surface area contributed by atoms with Crippen LogP contribution in [-0.4, -0.2) is 33.7 Å². The van der Waals surface area contributed by atoms with Crippen LogP contribution in [0.2, 0.25) is 0 Å². The van der Waals surface area contributed by atoms with Gasteiger partial charge in [0.25, 0.3) is 0 Å². The van der Waals surface area contributed by atoms with E-state index in [1.54, 1.807) is 0 Å². The number of hydrogen-bond acceptors (Lipinski definition) is 2. The number of hydrogen-bond donors (Lipinski definition) is 0. The molecule has 0 aliphatic rings. The van der Waals surface area contributed by atoms with Crippen molar-refractivity contribution < 1.29 is 9.47 Å². The van der Waals surface area contributed by atoms with Crippen LogP contribution in [0.1, 0.15) is 27.7 Å². The van der Waals surface area contributed by atoms with Gasteiger partial charge in [0.2, 0.25) is 0 Å². The summed E-state index contributed by atoms with van der Waals surface area (Å²) in [5.41, 5.74) is 0. The molecule has 0 aromatic carbocycles. The Morgan fingerprint density at radius 3 is 1.40 bits per heavy atom. The Kier molecular flexibility index (Phi) is 5.38. The summed E-state index contributed by atoms with van der Waals surface area (Å²) in [4.78, 5) is 0. The van der Waals surface area contributed by atoms with Crippen LogP contribution in [0.5, 0.6) is 0 Å². The summed E-state index contributed by atoms with van der Waals surface area (Å²) < 4.78 is 10.6. The Balaban J connectivity index is 3.34. The molecule has 0 aromatic rings. The molecular formula is C7H15AlO2+2. The minimum absolute atomic E-state index is 0.167. The van der Waals surface area contributed by atoms with E-state index in [4.69, 9.17) is 9.47 Å². The molecule has 0 spiro atoms. The Labute approximate surface area is 71.3 Å². The molecule has 3 heteroatoms. The van der Waals surface area contributed by atoms with Crippen LogP contribution in [0.25, 0.3) is 0 Å². The molecule has 0 aliphatic carbocycles. The summed E-state index contributed by atoms with van der Waals surface area (Å²) in [6.07, 6.45) is 0.447. The Hall–Kier alpha value is 0.452. The molecule has 0 saturated heterocycles. The van der Waals surface area contributed by atoms with Crippen LogP contribution in [0.15, 0.2) is 0 Å². The zero-order valence-corrected chi connectivity index (χ0v) is 8.28. The maximum atomic E-state index is 5.30. The molecule has 0 N–H and O–H groups in total. The topological polar surface area (TPSA) is 18.5 Å². The molecule has 0 amide bonds. The molecular weight excluding hydrogens is 143 g/mol. The third kappa shape index (κ3) is 6.57. The van der Waals surface area contributed by atoms with Crippen LogP contribution < -0.4 is 0 Å². The van der Waals surface area contributed by atoms with Gasteiger partial charge < -0.3 is 0 Å². The number of rotatable bonds is 4. The quantitative estimate of drug-likeness (QED) is 0.453. The molecule has 2 nitrogen and oxygen atoms in total. The standard InChI is InChI=1S/C7H15O2.Al/c1-6(2)8-5-9-7(3)4;/h5-7H,1-4H3;/q;+2. The summed E-state index contributed by atoms with van der Waals surface area (Å²) >= 11 is 2.50. The summed E-state index contributed by atoms with van der Waals surface area (Å²) in [6.45, 7) is 7.95. The SMILES string of the molecule is CC(C)O[CH]([Al+2])OC(C)C. The van der Waals surface area contributed by atoms with Crippen LogP contribution in [0, 0.1) is 0 Å². The molecule has 56 valence electrons. The van der Waals surface area contributed by atoms with Crippen molar-refractivity contribution in [2.45, 2.75) is 45.1 Å². The van der Waals surface area contributed by atoms with Gasteiger partial charge in [-0.3, -0.25) is 0 Å². The molecule has 0 heterocycles. The molecule has 0 atom stereocenters. The summed E-state index contributed by atoms with van der Waals surface area (Å²) in [5, 5.41) is -0.167. The Bertz CT molecular complexity index is 73.7. The zero-order valence-electron chi connectivity index (χ0n) is 7.13. The molecule has 0 rings (SSSR count). The maximum absolute atomic E-state index is 5.30. The first-order valence-electron chi connectivity index (χ1n) is 3.59. The van der Waals surface area contributed by atoms with Gasteiger partial charge >= 0.3 is 70.8 Å². The second kappa shape index (κ2) is 5.15. The first-order chi connectivity index (χ1) is 4.52. The van der Waals surface area contributed by atoms with Crippen LogP contribution in [0.3, 0.4) is 0 Å². The van der Waals surface area contributed by atoms with E-state index in [0.29, 0.717) is 0 Å². The van der Waals surface area contributed by atoms with E-state index in [-0.39, 0.29) is 17.4 Å². The van der Waals surface area contributed by atoms with E-state index >= 15 is 0 Å². The van der Waals surface area contributed by atoms with E-state index in [2.05, 4.69) is 16.3 Å². The van der Waals surface area contributed by atoms with Crippen LogP contribution in [-0.2, 0) is 9.47 Å². The second-order valence-electron chi connectivity index (χ2n) is 2.74. The van der Waals surface area contributed by atoms with E-state index in [9.17, 15) is 0 Å². The van der Waals surface area contributed by atoms with Crippen molar-refractivity contribution in [3.8, 4) is 0 Å².